The number of hydrogen-bond acceptors (Lipinski definition) is 5. The van der Waals surface area contributed by atoms with Crippen LogP contribution >= 0.6 is 0 Å². The van der Waals surface area contributed by atoms with Gasteiger partial charge in [-0.05, 0) is 46.9 Å². The third-order valence-electron chi connectivity index (χ3n) is 7.15. The van der Waals surface area contributed by atoms with Crippen molar-refractivity contribution in [2.24, 2.45) is 0 Å². The Morgan fingerprint density at radius 2 is 1.50 bits per heavy atom. The van der Waals surface area contributed by atoms with E-state index in [0.717, 1.165) is 17.5 Å². The van der Waals surface area contributed by atoms with Gasteiger partial charge in [0.15, 0.2) is 11.5 Å². The average molecular weight is 487 g/mol. The maximum absolute atomic E-state index is 13.7. The molecule has 3 aromatic carbocycles. The van der Waals surface area contributed by atoms with Crippen molar-refractivity contribution in [3.05, 3.63) is 88.5 Å². The lowest BCUT2D eigenvalue weighted by Gasteiger charge is -2.33. The normalized spacial score (nSPS) is 15.2. The molecule has 0 saturated carbocycles. The first-order valence-electron chi connectivity index (χ1n) is 12.1. The molecule has 5 rings (SSSR count). The van der Waals surface area contributed by atoms with Gasteiger partial charge >= 0.3 is 0 Å². The summed E-state index contributed by atoms with van der Waals surface area (Å²) in [4.78, 5) is 30.8. The molecule has 0 spiro atoms. The quantitative estimate of drug-likeness (QED) is 0.496. The first-order chi connectivity index (χ1) is 17.5. The van der Waals surface area contributed by atoms with Crippen molar-refractivity contribution in [1.82, 2.24) is 9.80 Å². The number of amides is 2. The molecule has 0 N–H and O–H groups in total. The van der Waals surface area contributed by atoms with Crippen LogP contribution in [0, 0.1) is 0 Å². The molecular formula is C29H30N2O5. The molecule has 0 saturated heterocycles. The molecule has 2 aliphatic rings. The molecule has 2 heterocycles. The zero-order valence-electron chi connectivity index (χ0n) is 20.8. The van der Waals surface area contributed by atoms with Gasteiger partial charge in [-0.1, -0.05) is 42.5 Å². The minimum absolute atomic E-state index is 0.00649. The number of rotatable bonds is 7. The molecule has 0 radical (unpaired) electrons. The van der Waals surface area contributed by atoms with Gasteiger partial charge in [-0.2, -0.15) is 0 Å². The van der Waals surface area contributed by atoms with Gasteiger partial charge in [0, 0.05) is 25.2 Å². The number of ether oxygens (including phenoxy) is 3. The van der Waals surface area contributed by atoms with E-state index in [4.69, 9.17) is 14.2 Å². The SMILES string of the molecule is COc1cc(C(CC(=O)N2CCc3ccccc3C2)N2Cc3ccccc3C2=O)cc(OC)c1OC. The summed E-state index contributed by atoms with van der Waals surface area (Å²) >= 11 is 0. The van der Waals surface area contributed by atoms with Crippen LogP contribution in [0.3, 0.4) is 0 Å². The fourth-order valence-corrected chi connectivity index (χ4v) is 5.23. The van der Waals surface area contributed by atoms with Gasteiger partial charge in [0.25, 0.3) is 5.91 Å². The molecule has 2 aliphatic heterocycles. The molecule has 1 atom stereocenters. The summed E-state index contributed by atoms with van der Waals surface area (Å²) in [7, 11) is 4.67. The van der Waals surface area contributed by atoms with Gasteiger partial charge in [0.1, 0.15) is 0 Å². The summed E-state index contributed by atoms with van der Waals surface area (Å²) < 4.78 is 16.6. The van der Waals surface area contributed by atoms with Crippen molar-refractivity contribution in [2.75, 3.05) is 27.9 Å². The van der Waals surface area contributed by atoms with E-state index in [-0.39, 0.29) is 18.2 Å². The minimum atomic E-state index is -0.497. The highest BCUT2D eigenvalue weighted by molar-refractivity contribution is 5.99. The summed E-state index contributed by atoms with van der Waals surface area (Å²) in [5.41, 5.74) is 4.85. The highest BCUT2D eigenvalue weighted by atomic mass is 16.5. The number of nitrogens with zero attached hydrogens (tertiary/aromatic N) is 2. The molecule has 7 heteroatoms. The van der Waals surface area contributed by atoms with Crippen molar-refractivity contribution in [1.29, 1.82) is 0 Å². The van der Waals surface area contributed by atoms with Crippen LogP contribution in [-0.2, 0) is 24.3 Å². The Labute approximate surface area is 211 Å². The summed E-state index contributed by atoms with van der Waals surface area (Å²) in [6, 6.07) is 19.0. The van der Waals surface area contributed by atoms with Gasteiger partial charge in [0.2, 0.25) is 11.7 Å². The summed E-state index contributed by atoms with van der Waals surface area (Å²) in [5.74, 6) is 1.37. The Kier molecular flexibility index (Phi) is 6.55. The van der Waals surface area contributed by atoms with Crippen molar-refractivity contribution in [3.8, 4) is 17.2 Å². The zero-order chi connectivity index (χ0) is 25.2. The zero-order valence-corrected chi connectivity index (χ0v) is 20.8. The van der Waals surface area contributed by atoms with Gasteiger partial charge in [-0.25, -0.2) is 0 Å². The second-order valence-electron chi connectivity index (χ2n) is 9.10. The van der Waals surface area contributed by atoms with E-state index in [0.29, 0.717) is 42.4 Å². The first kappa shape index (κ1) is 23.7. The molecule has 0 aromatic heterocycles. The van der Waals surface area contributed by atoms with E-state index in [2.05, 4.69) is 12.1 Å². The fourth-order valence-electron chi connectivity index (χ4n) is 5.23. The number of carbonyl (C=O) groups is 2. The van der Waals surface area contributed by atoms with Crippen LogP contribution in [0.1, 0.15) is 45.1 Å². The lowest BCUT2D eigenvalue weighted by Crippen LogP contribution is -2.39. The number of carbonyl (C=O) groups excluding carboxylic acids is 2. The monoisotopic (exact) mass is 486 g/mol. The van der Waals surface area contributed by atoms with Crippen LogP contribution in [0.5, 0.6) is 17.2 Å². The third kappa shape index (κ3) is 4.26. The Morgan fingerprint density at radius 3 is 2.14 bits per heavy atom. The molecule has 7 nitrogen and oxygen atoms in total. The standard InChI is InChI=1S/C29H30N2O5/c1-34-25-14-22(15-26(35-2)28(25)36-3)24(31-18-21-10-6-7-11-23(21)29(31)33)16-27(32)30-13-12-19-8-4-5-9-20(19)17-30/h4-11,14-15,24H,12-13,16-18H2,1-3H3. The molecule has 0 bridgehead atoms. The largest absolute Gasteiger partial charge is 0.493 e. The van der Waals surface area contributed by atoms with Gasteiger partial charge in [-0.15, -0.1) is 0 Å². The second kappa shape index (κ2) is 9.93. The Morgan fingerprint density at radius 1 is 0.861 bits per heavy atom. The lowest BCUT2D eigenvalue weighted by molar-refractivity contribution is -0.133. The van der Waals surface area contributed by atoms with Crippen molar-refractivity contribution >= 4 is 11.8 Å². The van der Waals surface area contributed by atoms with E-state index in [1.807, 2.05) is 53.4 Å². The first-order valence-corrected chi connectivity index (χ1v) is 12.1. The van der Waals surface area contributed by atoms with Gasteiger partial charge < -0.3 is 24.0 Å². The van der Waals surface area contributed by atoms with E-state index in [1.165, 1.54) is 11.1 Å². The van der Waals surface area contributed by atoms with Gasteiger partial charge in [0.05, 0.1) is 33.8 Å². The highest BCUT2D eigenvalue weighted by Gasteiger charge is 2.36. The Bertz CT molecular complexity index is 1280. The molecule has 1 unspecified atom stereocenters. The lowest BCUT2D eigenvalue weighted by atomic mass is 9.97. The van der Waals surface area contributed by atoms with Crippen LogP contribution in [0.15, 0.2) is 60.7 Å². The maximum atomic E-state index is 13.7. The van der Waals surface area contributed by atoms with Gasteiger partial charge in [-0.3, -0.25) is 9.59 Å². The van der Waals surface area contributed by atoms with E-state index in [9.17, 15) is 9.59 Å². The smallest absolute Gasteiger partial charge is 0.255 e. The van der Waals surface area contributed by atoms with Crippen molar-refractivity contribution in [2.45, 2.75) is 32.0 Å². The predicted molar refractivity (Wildman–Crippen MR) is 135 cm³/mol. The molecule has 186 valence electrons. The van der Waals surface area contributed by atoms with Crippen LogP contribution in [0.25, 0.3) is 0 Å². The number of benzene rings is 3. The number of methoxy groups -OCH3 is 3. The second-order valence-corrected chi connectivity index (χ2v) is 9.10. The molecule has 36 heavy (non-hydrogen) atoms. The molecular weight excluding hydrogens is 456 g/mol. The Hall–Kier alpha value is -4.00. The van der Waals surface area contributed by atoms with E-state index in [1.54, 1.807) is 26.2 Å². The molecule has 3 aromatic rings. The third-order valence-corrected chi connectivity index (χ3v) is 7.15. The van der Waals surface area contributed by atoms with Crippen molar-refractivity contribution in [3.63, 3.8) is 0 Å². The topological polar surface area (TPSA) is 68.3 Å². The van der Waals surface area contributed by atoms with Crippen LogP contribution in [0.4, 0.5) is 0 Å². The van der Waals surface area contributed by atoms with E-state index >= 15 is 0 Å². The minimum Gasteiger partial charge on any atom is -0.493 e. The maximum Gasteiger partial charge on any atom is 0.255 e. The van der Waals surface area contributed by atoms with Crippen LogP contribution in [-0.4, -0.2) is 49.5 Å². The molecule has 0 aliphatic carbocycles. The van der Waals surface area contributed by atoms with E-state index < -0.39 is 6.04 Å². The fraction of sp³-hybridized carbons (Fsp3) is 0.310. The summed E-state index contributed by atoms with van der Waals surface area (Å²) in [5, 5.41) is 0. The average Bonchev–Trinajstić information content (AvgIpc) is 3.26. The summed E-state index contributed by atoms with van der Waals surface area (Å²) in [6.45, 7) is 1.67. The Balaban J connectivity index is 1.50. The summed E-state index contributed by atoms with van der Waals surface area (Å²) in [6.07, 6.45) is 0.978. The predicted octanol–water partition coefficient (Wildman–Crippen LogP) is 4.38. The molecule has 0 fully saturated rings. The number of hydrogen-bond donors (Lipinski definition) is 0. The molecule has 2 amide bonds. The van der Waals surface area contributed by atoms with Crippen molar-refractivity contribution < 1.29 is 23.8 Å². The van der Waals surface area contributed by atoms with Crippen LogP contribution in [0.2, 0.25) is 0 Å². The number of fused-ring (bicyclic) bond motifs is 2. The van der Waals surface area contributed by atoms with Crippen LogP contribution < -0.4 is 14.2 Å². The highest BCUT2D eigenvalue weighted by Crippen LogP contribution is 2.43.